The molecule has 1 heterocycles. The highest BCUT2D eigenvalue weighted by atomic mass is 16.5. The van der Waals surface area contributed by atoms with Crippen molar-refractivity contribution in [2.45, 2.75) is 26.3 Å². The van der Waals surface area contributed by atoms with Gasteiger partial charge >= 0.3 is 0 Å². The molecule has 1 aliphatic heterocycles. The summed E-state index contributed by atoms with van der Waals surface area (Å²) in [7, 11) is 3.64. The SMILES string of the molecule is C=C(C(=O)N(CC(=O)NC(C)C)/C(=C\N)c1cccc(OC)c1)N1CCCN(C)CC1. The molecule has 0 radical (unpaired) electrons. The zero-order valence-electron chi connectivity index (χ0n) is 19.1. The van der Waals surface area contributed by atoms with E-state index in [9.17, 15) is 9.59 Å². The van der Waals surface area contributed by atoms with Gasteiger partial charge in [-0.05, 0) is 46.0 Å². The first kappa shape index (κ1) is 24.3. The molecular formula is C23H35N5O3. The van der Waals surface area contributed by atoms with Crippen LogP contribution in [0.4, 0.5) is 0 Å². The molecule has 8 heteroatoms. The van der Waals surface area contributed by atoms with Crippen molar-refractivity contribution in [3.05, 3.63) is 48.3 Å². The average molecular weight is 430 g/mol. The summed E-state index contributed by atoms with van der Waals surface area (Å²) >= 11 is 0. The Bertz CT molecular complexity index is 821. The normalized spacial score (nSPS) is 15.4. The van der Waals surface area contributed by atoms with Crippen molar-refractivity contribution in [3.63, 3.8) is 0 Å². The van der Waals surface area contributed by atoms with Gasteiger partial charge in [-0.3, -0.25) is 14.5 Å². The number of benzene rings is 1. The summed E-state index contributed by atoms with van der Waals surface area (Å²) in [5.74, 6) is 0.0160. The van der Waals surface area contributed by atoms with Crippen LogP contribution in [-0.2, 0) is 9.59 Å². The molecule has 3 N–H and O–H groups in total. The summed E-state index contributed by atoms with van der Waals surface area (Å²) in [6.45, 7) is 10.9. The van der Waals surface area contributed by atoms with Gasteiger partial charge in [0.1, 0.15) is 12.3 Å². The van der Waals surface area contributed by atoms with Crippen LogP contribution >= 0.6 is 0 Å². The second-order valence-electron chi connectivity index (χ2n) is 7.99. The molecule has 0 aromatic heterocycles. The first-order chi connectivity index (χ1) is 14.8. The zero-order chi connectivity index (χ0) is 23.0. The van der Waals surface area contributed by atoms with E-state index in [1.165, 1.54) is 11.1 Å². The maximum absolute atomic E-state index is 13.5. The standard InChI is InChI=1S/C23H35N5O3/c1-17(2)25-22(29)16-28(21(15-24)19-8-6-9-20(14-19)31-5)23(30)18(3)27-11-7-10-26(4)12-13-27/h6,8-9,14-15,17H,3,7,10-13,16,24H2,1-2,4-5H3,(H,25,29)/b21-15-. The Kier molecular flexibility index (Phi) is 8.93. The van der Waals surface area contributed by atoms with Crippen LogP contribution in [0.5, 0.6) is 5.75 Å². The first-order valence-electron chi connectivity index (χ1n) is 10.6. The third-order valence-corrected chi connectivity index (χ3v) is 5.16. The van der Waals surface area contributed by atoms with Gasteiger partial charge in [0.25, 0.3) is 5.91 Å². The second-order valence-corrected chi connectivity index (χ2v) is 7.99. The quantitative estimate of drug-likeness (QED) is 0.608. The number of rotatable bonds is 8. The molecule has 0 bridgehead atoms. The number of amides is 2. The van der Waals surface area contributed by atoms with Crippen molar-refractivity contribution < 1.29 is 14.3 Å². The molecule has 1 aromatic carbocycles. The fourth-order valence-electron chi connectivity index (χ4n) is 3.51. The lowest BCUT2D eigenvalue weighted by Gasteiger charge is -2.31. The molecule has 1 saturated heterocycles. The van der Waals surface area contributed by atoms with Gasteiger partial charge in [0.15, 0.2) is 0 Å². The van der Waals surface area contributed by atoms with E-state index in [1.54, 1.807) is 13.2 Å². The molecule has 8 nitrogen and oxygen atoms in total. The van der Waals surface area contributed by atoms with Crippen LogP contribution in [0, 0.1) is 0 Å². The molecule has 0 spiro atoms. The fraction of sp³-hybridized carbons (Fsp3) is 0.478. The number of nitrogens with two attached hydrogens (primary N) is 1. The Hall–Kier alpha value is -3.00. The average Bonchev–Trinajstić information content (AvgIpc) is 2.96. The van der Waals surface area contributed by atoms with Gasteiger partial charge < -0.3 is 25.6 Å². The number of carbonyl (C=O) groups excluding carboxylic acids is 2. The number of hydrogen-bond donors (Lipinski definition) is 2. The molecule has 170 valence electrons. The van der Waals surface area contributed by atoms with Gasteiger partial charge in [-0.15, -0.1) is 0 Å². The van der Waals surface area contributed by atoms with Crippen LogP contribution < -0.4 is 15.8 Å². The summed E-state index contributed by atoms with van der Waals surface area (Å²) in [6.07, 6.45) is 2.28. The predicted octanol–water partition coefficient (Wildman–Crippen LogP) is 1.46. The van der Waals surface area contributed by atoms with E-state index in [1.807, 2.05) is 36.9 Å². The highest BCUT2D eigenvalue weighted by molar-refractivity contribution is 6.00. The Morgan fingerprint density at radius 3 is 2.68 bits per heavy atom. The highest BCUT2D eigenvalue weighted by Gasteiger charge is 2.28. The molecule has 2 rings (SSSR count). The highest BCUT2D eigenvalue weighted by Crippen LogP contribution is 2.25. The summed E-state index contributed by atoms with van der Waals surface area (Å²) in [5.41, 5.74) is 7.42. The van der Waals surface area contributed by atoms with E-state index in [4.69, 9.17) is 10.5 Å². The largest absolute Gasteiger partial charge is 0.497 e. The lowest BCUT2D eigenvalue weighted by atomic mass is 10.1. The fourth-order valence-corrected chi connectivity index (χ4v) is 3.51. The molecule has 2 amide bonds. The van der Waals surface area contributed by atoms with Gasteiger partial charge in [0, 0.05) is 37.4 Å². The van der Waals surface area contributed by atoms with Crippen molar-refractivity contribution in [2.75, 3.05) is 46.9 Å². The number of likely N-dealkylation sites (N-methyl/N-ethyl adjacent to an activating group) is 1. The van der Waals surface area contributed by atoms with Gasteiger partial charge in [0.05, 0.1) is 18.5 Å². The molecule has 0 saturated carbocycles. The monoisotopic (exact) mass is 429 g/mol. The topological polar surface area (TPSA) is 91.1 Å². The van der Waals surface area contributed by atoms with Gasteiger partial charge in [-0.25, -0.2) is 0 Å². The lowest BCUT2D eigenvalue weighted by molar-refractivity contribution is -0.131. The summed E-state index contributed by atoms with van der Waals surface area (Å²) < 4.78 is 5.31. The maximum atomic E-state index is 13.5. The number of ether oxygens (including phenoxy) is 1. The van der Waals surface area contributed by atoms with E-state index < -0.39 is 0 Å². The predicted molar refractivity (Wildman–Crippen MR) is 123 cm³/mol. The van der Waals surface area contributed by atoms with Crippen molar-refractivity contribution in [1.29, 1.82) is 0 Å². The van der Waals surface area contributed by atoms with Crippen molar-refractivity contribution in [1.82, 2.24) is 20.0 Å². The number of nitrogens with zero attached hydrogens (tertiary/aromatic N) is 3. The molecule has 1 aliphatic rings. The van der Waals surface area contributed by atoms with Crippen LogP contribution in [0.2, 0.25) is 0 Å². The van der Waals surface area contributed by atoms with E-state index in [0.717, 1.165) is 26.1 Å². The minimum absolute atomic E-state index is 0.0454. The van der Waals surface area contributed by atoms with E-state index in [0.29, 0.717) is 29.3 Å². The summed E-state index contributed by atoms with van der Waals surface area (Å²) in [5, 5.41) is 2.84. The maximum Gasteiger partial charge on any atom is 0.274 e. The van der Waals surface area contributed by atoms with Crippen molar-refractivity contribution in [3.8, 4) is 5.75 Å². The first-order valence-corrected chi connectivity index (χ1v) is 10.6. The molecule has 0 aliphatic carbocycles. The van der Waals surface area contributed by atoms with Gasteiger partial charge in [-0.1, -0.05) is 18.7 Å². The Balaban J connectivity index is 2.34. The summed E-state index contributed by atoms with van der Waals surface area (Å²) in [4.78, 5) is 31.7. The van der Waals surface area contributed by atoms with E-state index in [-0.39, 0.29) is 24.4 Å². The smallest absolute Gasteiger partial charge is 0.274 e. The van der Waals surface area contributed by atoms with Gasteiger partial charge in [0.2, 0.25) is 5.91 Å². The second kappa shape index (κ2) is 11.4. The van der Waals surface area contributed by atoms with Crippen LogP contribution in [0.1, 0.15) is 25.8 Å². The molecule has 31 heavy (non-hydrogen) atoms. The Morgan fingerprint density at radius 2 is 2.03 bits per heavy atom. The minimum Gasteiger partial charge on any atom is -0.497 e. The van der Waals surface area contributed by atoms with Crippen LogP contribution in [0.15, 0.2) is 42.7 Å². The summed E-state index contributed by atoms with van der Waals surface area (Å²) in [6, 6.07) is 7.18. The van der Waals surface area contributed by atoms with Gasteiger partial charge in [-0.2, -0.15) is 0 Å². The minimum atomic E-state index is -0.344. The van der Waals surface area contributed by atoms with E-state index in [2.05, 4.69) is 23.8 Å². The molecule has 0 atom stereocenters. The number of hydrogen-bond acceptors (Lipinski definition) is 6. The molecule has 0 unspecified atom stereocenters. The Morgan fingerprint density at radius 1 is 1.29 bits per heavy atom. The van der Waals surface area contributed by atoms with Crippen LogP contribution in [0.25, 0.3) is 5.70 Å². The third kappa shape index (κ3) is 6.75. The van der Waals surface area contributed by atoms with Crippen LogP contribution in [-0.4, -0.2) is 79.4 Å². The third-order valence-electron chi connectivity index (χ3n) is 5.16. The molecule has 1 fully saturated rings. The number of methoxy groups -OCH3 is 1. The molecule has 1 aromatic rings. The van der Waals surface area contributed by atoms with Crippen LogP contribution in [0.3, 0.4) is 0 Å². The van der Waals surface area contributed by atoms with E-state index >= 15 is 0 Å². The molecular weight excluding hydrogens is 394 g/mol. The number of nitrogens with one attached hydrogen (secondary N) is 1. The number of carbonyl (C=O) groups is 2. The lowest BCUT2D eigenvalue weighted by Crippen LogP contribution is -2.45. The van der Waals surface area contributed by atoms with Crippen molar-refractivity contribution >= 4 is 17.5 Å². The zero-order valence-corrected chi connectivity index (χ0v) is 19.1. The van der Waals surface area contributed by atoms with Crippen molar-refractivity contribution in [2.24, 2.45) is 5.73 Å². The Labute approximate surface area is 185 Å².